The Hall–Kier alpha value is -3.28. The zero-order chi connectivity index (χ0) is 23.4. The van der Waals surface area contributed by atoms with Gasteiger partial charge in [-0.05, 0) is 49.3 Å². The number of rotatable bonds is 6. The summed E-state index contributed by atoms with van der Waals surface area (Å²) in [6.07, 6.45) is 3.90. The van der Waals surface area contributed by atoms with Gasteiger partial charge in [0.25, 0.3) is 0 Å². The Bertz CT molecular complexity index is 1100. The molecule has 1 aliphatic rings. The van der Waals surface area contributed by atoms with Crippen molar-refractivity contribution in [2.24, 2.45) is 0 Å². The van der Waals surface area contributed by atoms with E-state index in [9.17, 15) is 4.79 Å². The van der Waals surface area contributed by atoms with E-state index in [4.69, 9.17) is 4.98 Å². The number of para-hydroxylation sites is 2. The molecule has 33 heavy (non-hydrogen) atoms. The van der Waals surface area contributed by atoms with E-state index in [0.29, 0.717) is 12.0 Å². The Labute approximate surface area is 196 Å². The minimum absolute atomic E-state index is 0.119. The van der Waals surface area contributed by atoms with E-state index in [-0.39, 0.29) is 12.1 Å². The largest absolute Gasteiger partial charge is 0.377 e. The molecule has 174 valence electrons. The van der Waals surface area contributed by atoms with Gasteiger partial charge in [0.2, 0.25) is 0 Å². The molecule has 3 N–H and O–H groups in total. The van der Waals surface area contributed by atoms with Crippen molar-refractivity contribution < 1.29 is 4.79 Å². The molecule has 0 saturated heterocycles. The number of carbonyl (C=O) groups excluding carboxylic acids is 1. The SMILES string of the molecule is CC(C)c1ccccc1NC(=O)NC1CCC(Nc2cc(N(C)C)c3ccccc3n2)CC1. The van der Waals surface area contributed by atoms with Crippen LogP contribution in [-0.2, 0) is 0 Å². The van der Waals surface area contributed by atoms with E-state index in [1.165, 1.54) is 0 Å². The van der Waals surface area contributed by atoms with Gasteiger partial charge >= 0.3 is 6.03 Å². The Morgan fingerprint density at radius 2 is 1.64 bits per heavy atom. The Morgan fingerprint density at radius 1 is 0.970 bits per heavy atom. The van der Waals surface area contributed by atoms with Gasteiger partial charge in [-0.1, -0.05) is 50.2 Å². The van der Waals surface area contributed by atoms with Gasteiger partial charge in [-0.2, -0.15) is 0 Å². The molecule has 4 rings (SSSR count). The van der Waals surface area contributed by atoms with Crippen molar-refractivity contribution in [1.29, 1.82) is 0 Å². The van der Waals surface area contributed by atoms with Gasteiger partial charge in [0.05, 0.1) is 5.52 Å². The average molecular weight is 446 g/mol. The van der Waals surface area contributed by atoms with Crippen LogP contribution in [-0.4, -0.2) is 37.2 Å². The fourth-order valence-electron chi connectivity index (χ4n) is 4.65. The zero-order valence-corrected chi connectivity index (χ0v) is 20.1. The molecule has 3 aromatic rings. The number of fused-ring (bicyclic) bond motifs is 1. The van der Waals surface area contributed by atoms with Gasteiger partial charge in [-0.3, -0.25) is 0 Å². The molecule has 0 atom stereocenters. The maximum Gasteiger partial charge on any atom is 0.319 e. The second-order valence-corrected chi connectivity index (χ2v) is 9.47. The van der Waals surface area contributed by atoms with Crippen LogP contribution >= 0.6 is 0 Å². The van der Waals surface area contributed by atoms with E-state index in [2.05, 4.69) is 79.1 Å². The molecule has 1 saturated carbocycles. The number of nitrogens with zero attached hydrogens (tertiary/aromatic N) is 2. The first-order chi connectivity index (χ1) is 15.9. The van der Waals surface area contributed by atoms with Crippen LogP contribution in [0, 0.1) is 0 Å². The normalized spacial score (nSPS) is 18.2. The predicted octanol–water partition coefficient (Wildman–Crippen LogP) is 5.97. The fourth-order valence-corrected chi connectivity index (χ4v) is 4.65. The minimum atomic E-state index is -0.119. The van der Waals surface area contributed by atoms with Crippen molar-refractivity contribution in [3.63, 3.8) is 0 Å². The number of anilines is 3. The van der Waals surface area contributed by atoms with Gasteiger partial charge in [0.1, 0.15) is 5.82 Å². The fraction of sp³-hybridized carbons (Fsp3) is 0.407. The van der Waals surface area contributed by atoms with Crippen molar-refractivity contribution in [2.75, 3.05) is 29.6 Å². The summed E-state index contributed by atoms with van der Waals surface area (Å²) in [5, 5.41) is 11.0. The van der Waals surface area contributed by atoms with E-state index in [1.807, 2.05) is 24.3 Å². The van der Waals surface area contributed by atoms with E-state index in [1.54, 1.807) is 0 Å². The maximum atomic E-state index is 12.6. The molecule has 0 spiro atoms. The summed E-state index contributed by atoms with van der Waals surface area (Å²) in [5.41, 5.74) is 4.21. The van der Waals surface area contributed by atoms with Gasteiger partial charge in [-0.15, -0.1) is 0 Å². The third-order valence-corrected chi connectivity index (χ3v) is 6.42. The molecule has 1 heterocycles. The van der Waals surface area contributed by atoms with E-state index >= 15 is 0 Å². The van der Waals surface area contributed by atoms with Crippen LogP contribution in [0.1, 0.15) is 51.0 Å². The molecule has 0 aliphatic heterocycles. The van der Waals surface area contributed by atoms with Crippen molar-refractivity contribution >= 4 is 34.1 Å². The number of carbonyl (C=O) groups is 1. The summed E-state index contributed by atoms with van der Waals surface area (Å²) in [4.78, 5) is 19.6. The highest BCUT2D eigenvalue weighted by molar-refractivity contribution is 5.93. The summed E-state index contributed by atoms with van der Waals surface area (Å²) in [6, 6.07) is 18.8. The molecule has 1 aromatic heterocycles. The van der Waals surface area contributed by atoms with Crippen LogP contribution in [0.5, 0.6) is 0 Å². The third-order valence-electron chi connectivity index (χ3n) is 6.42. The molecule has 0 bridgehead atoms. The van der Waals surface area contributed by atoms with Crippen LogP contribution < -0.4 is 20.9 Å². The molecular weight excluding hydrogens is 410 g/mol. The quantitative estimate of drug-likeness (QED) is 0.437. The molecule has 6 nitrogen and oxygen atoms in total. The lowest BCUT2D eigenvalue weighted by molar-refractivity contribution is 0.243. The lowest BCUT2D eigenvalue weighted by Crippen LogP contribution is -2.42. The minimum Gasteiger partial charge on any atom is -0.377 e. The summed E-state index contributed by atoms with van der Waals surface area (Å²) in [7, 11) is 4.13. The number of hydrogen-bond acceptors (Lipinski definition) is 4. The van der Waals surface area contributed by atoms with Gasteiger partial charge in [-0.25, -0.2) is 9.78 Å². The van der Waals surface area contributed by atoms with Crippen LogP contribution in [0.2, 0.25) is 0 Å². The summed E-state index contributed by atoms with van der Waals surface area (Å²) >= 11 is 0. The molecule has 2 aromatic carbocycles. The lowest BCUT2D eigenvalue weighted by Gasteiger charge is -2.30. The highest BCUT2D eigenvalue weighted by Crippen LogP contribution is 2.29. The number of pyridine rings is 1. The molecule has 0 radical (unpaired) electrons. The lowest BCUT2D eigenvalue weighted by atomic mass is 9.91. The smallest absolute Gasteiger partial charge is 0.319 e. The zero-order valence-electron chi connectivity index (χ0n) is 20.1. The number of aromatic nitrogens is 1. The van der Waals surface area contributed by atoms with Crippen molar-refractivity contribution in [1.82, 2.24) is 10.3 Å². The Kier molecular flexibility index (Phi) is 7.02. The van der Waals surface area contributed by atoms with Gasteiger partial charge in [0, 0.05) is 49.0 Å². The highest BCUT2D eigenvalue weighted by atomic mass is 16.2. The van der Waals surface area contributed by atoms with Crippen LogP contribution in [0.15, 0.2) is 54.6 Å². The van der Waals surface area contributed by atoms with E-state index < -0.39 is 0 Å². The third kappa shape index (κ3) is 5.56. The predicted molar refractivity (Wildman–Crippen MR) is 138 cm³/mol. The molecular formula is C27H35N5O. The van der Waals surface area contributed by atoms with Crippen molar-refractivity contribution in [2.45, 2.75) is 57.5 Å². The summed E-state index contributed by atoms with van der Waals surface area (Å²) in [6.45, 7) is 4.27. The Morgan fingerprint density at radius 3 is 2.36 bits per heavy atom. The first-order valence-corrected chi connectivity index (χ1v) is 11.9. The number of hydrogen-bond donors (Lipinski definition) is 3. The maximum absolute atomic E-state index is 12.6. The number of nitrogens with one attached hydrogen (secondary N) is 3. The monoisotopic (exact) mass is 445 g/mol. The molecule has 0 unspecified atom stereocenters. The molecule has 1 aliphatic carbocycles. The number of urea groups is 1. The highest BCUT2D eigenvalue weighted by Gasteiger charge is 2.23. The average Bonchev–Trinajstić information content (AvgIpc) is 2.80. The molecule has 6 heteroatoms. The standard InChI is InChI=1S/C27H35N5O/c1-18(2)21-9-5-7-11-23(21)31-27(33)29-20-15-13-19(14-16-20)28-26-17-25(32(3)4)22-10-6-8-12-24(22)30-26/h5-12,17-20H,13-16H2,1-4H3,(H,28,30)(H2,29,31,33). The van der Waals surface area contributed by atoms with Crippen LogP contribution in [0.4, 0.5) is 22.0 Å². The second-order valence-electron chi connectivity index (χ2n) is 9.47. The molecule has 2 amide bonds. The van der Waals surface area contributed by atoms with Gasteiger partial charge in [0.15, 0.2) is 0 Å². The van der Waals surface area contributed by atoms with Crippen LogP contribution in [0.25, 0.3) is 10.9 Å². The van der Waals surface area contributed by atoms with Crippen molar-refractivity contribution in [3.8, 4) is 0 Å². The topological polar surface area (TPSA) is 69.3 Å². The van der Waals surface area contributed by atoms with Gasteiger partial charge < -0.3 is 20.9 Å². The van der Waals surface area contributed by atoms with E-state index in [0.717, 1.165) is 59.3 Å². The second kappa shape index (κ2) is 10.1. The molecule has 1 fully saturated rings. The number of benzene rings is 2. The first kappa shape index (κ1) is 22.9. The number of amides is 2. The summed E-state index contributed by atoms with van der Waals surface area (Å²) in [5.74, 6) is 1.27. The van der Waals surface area contributed by atoms with Crippen LogP contribution in [0.3, 0.4) is 0 Å². The summed E-state index contributed by atoms with van der Waals surface area (Å²) < 4.78 is 0. The first-order valence-electron chi connectivity index (χ1n) is 11.9. The van der Waals surface area contributed by atoms with Crippen molar-refractivity contribution in [3.05, 3.63) is 60.2 Å². The Balaban J connectivity index is 1.33.